The van der Waals surface area contributed by atoms with E-state index in [4.69, 9.17) is 0 Å². The molecule has 0 saturated heterocycles. The van der Waals surface area contributed by atoms with Crippen LogP contribution in [0.2, 0.25) is 0 Å². The van der Waals surface area contributed by atoms with Gasteiger partial charge in [0.2, 0.25) is 0 Å². The topological polar surface area (TPSA) is 30.7 Å². The van der Waals surface area contributed by atoms with Gasteiger partial charge in [0.1, 0.15) is 0 Å². The monoisotopic (exact) mass is 195 g/mol. The summed E-state index contributed by atoms with van der Waals surface area (Å²) in [5.74, 6) is 1.32. The van der Waals surface area contributed by atoms with E-state index in [-0.39, 0.29) is 0 Å². The lowest BCUT2D eigenvalue weighted by Crippen LogP contribution is -2.06. The Morgan fingerprint density at radius 3 is 2.14 bits per heavy atom. The Hall–Kier alpha value is -0.860. The number of rotatable bonds is 4. The van der Waals surface area contributed by atoms with Crippen molar-refractivity contribution in [2.45, 2.75) is 40.5 Å². The first-order chi connectivity index (χ1) is 6.50. The maximum absolute atomic E-state index is 4.22. The minimum atomic E-state index is 0.651. The fourth-order valence-electron chi connectivity index (χ4n) is 1.60. The third-order valence-corrected chi connectivity index (χ3v) is 2.23. The summed E-state index contributed by atoms with van der Waals surface area (Å²) in [7, 11) is 1.98. The second-order valence-electron chi connectivity index (χ2n) is 4.80. The molecule has 0 aromatic carbocycles. The number of aromatic nitrogens is 3. The predicted molar refractivity (Wildman–Crippen MR) is 58.1 cm³/mol. The zero-order valence-corrected chi connectivity index (χ0v) is 9.91. The van der Waals surface area contributed by atoms with E-state index < -0.39 is 0 Å². The number of aryl methyl sites for hydroxylation is 1. The summed E-state index contributed by atoms with van der Waals surface area (Å²) in [6, 6.07) is 0. The minimum absolute atomic E-state index is 0.651. The van der Waals surface area contributed by atoms with E-state index in [0.717, 1.165) is 12.8 Å². The molecule has 0 radical (unpaired) electrons. The molecule has 3 heteroatoms. The van der Waals surface area contributed by atoms with E-state index in [1.807, 2.05) is 11.7 Å². The maximum atomic E-state index is 4.22. The van der Waals surface area contributed by atoms with Gasteiger partial charge in [0.05, 0.1) is 11.4 Å². The standard InChI is InChI=1S/C11H21N3/c1-8(2)6-10-11(7-9(3)4)14(5)13-12-10/h8-9H,6-7H2,1-5H3. The zero-order chi connectivity index (χ0) is 10.7. The van der Waals surface area contributed by atoms with E-state index in [1.54, 1.807) is 0 Å². The zero-order valence-electron chi connectivity index (χ0n) is 9.91. The first kappa shape index (κ1) is 11.2. The number of hydrogen-bond donors (Lipinski definition) is 0. The van der Waals surface area contributed by atoms with Gasteiger partial charge in [0.15, 0.2) is 0 Å². The first-order valence-corrected chi connectivity index (χ1v) is 5.38. The molecule has 0 aliphatic heterocycles. The molecule has 1 aromatic rings. The summed E-state index contributed by atoms with van der Waals surface area (Å²) >= 11 is 0. The molecule has 0 bridgehead atoms. The molecule has 3 nitrogen and oxygen atoms in total. The van der Waals surface area contributed by atoms with Crippen molar-refractivity contribution in [1.29, 1.82) is 0 Å². The summed E-state index contributed by atoms with van der Waals surface area (Å²) in [6.45, 7) is 8.89. The fourth-order valence-corrected chi connectivity index (χ4v) is 1.60. The van der Waals surface area contributed by atoms with Crippen LogP contribution >= 0.6 is 0 Å². The largest absolute Gasteiger partial charge is 0.252 e. The van der Waals surface area contributed by atoms with E-state index in [0.29, 0.717) is 11.8 Å². The molecule has 0 spiro atoms. The van der Waals surface area contributed by atoms with Crippen molar-refractivity contribution >= 4 is 0 Å². The van der Waals surface area contributed by atoms with Crippen LogP contribution in [0.25, 0.3) is 0 Å². The van der Waals surface area contributed by atoms with Gasteiger partial charge in [-0.05, 0) is 24.7 Å². The molecule has 0 saturated carbocycles. The van der Waals surface area contributed by atoms with E-state index >= 15 is 0 Å². The Morgan fingerprint density at radius 2 is 1.64 bits per heavy atom. The molecule has 80 valence electrons. The number of nitrogens with zero attached hydrogens (tertiary/aromatic N) is 3. The van der Waals surface area contributed by atoms with E-state index in [2.05, 4.69) is 38.0 Å². The van der Waals surface area contributed by atoms with Gasteiger partial charge in [-0.25, -0.2) is 0 Å². The molecule has 1 rings (SSSR count). The maximum Gasteiger partial charge on any atom is 0.0861 e. The molecule has 1 aromatic heterocycles. The highest BCUT2D eigenvalue weighted by Gasteiger charge is 2.12. The fraction of sp³-hybridized carbons (Fsp3) is 0.818. The van der Waals surface area contributed by atoms with E-state index in [1.165, 1.54) is 11.4 Å². The second kappa shape index (κ2) is 4.58. The quantitative estimate of drug-likeness (QED) is 0.737. The molecular weight excluding hydrogens is 174 g/mol. The third kappa shape index (κ3) is 2.82. The minimum Gasteiger partial charge on any atom is -0.252 e. The van der Waals surface area contributed by atoms with Crippen molar-refractivity contribution in [3.05, 3.63) is 11.4 Å². The third-order valence-electron chi connectivity index (χ3n) is 2.23. The average Bonchev–Trinajstić information content (AvgIpc) is 2.34. The Morgan fingerprint density at radius 1 is 1.07 bits per heavy atom. The molecule has 0 N–H and O–H groups in total. The van der Waals surface area contributed by atoms with Crippen molar-refractivity contribution in [3.8, 4) is 0 Å². The van der Waals surface area contributed by atoms with Crippen LogP contribution in [0.1, 0.15) is 39.1 Å². The lowest BCUT2D eigenvalue weighted by molar-refractivity contribution is 0.580. The van der Waals surface area contributed by atoms with Crippen molar-refractivity contribution in [2.75, 3.05) is 0 Å². The van der Waals surface area contributed by atoms with Crippen LogP contribution in [-0.4, -0.2) is 15.0 Å². The van der Waals surface area contributed by atoms with Crippen molar-refractivity contribution in [2.24, 2.45) is 18.9 Å². The van der Waals surface area contributed by atoms with Gasteiger partial charge < -0.3 is 0 Å². The normalized spacial score (nSPS) is 11.6. The van der Waals surface area contributed by atoms with Crippen LogP contribution in [0.15, 0.2) is 0 Å². The molecule has 0 unspecified atom stereocenters. The van der Waals surface area contributed by atoms with Crippen molar-refractivity contribution in [1.82, 2.24) is 15.0 Å². The molecule has 0 aliphatic carbocycles. The Balaban J connectivity index is 2.82. The Bertz CT molecular complexity index is 287. The van der Waals surface area contributed by atoms with Crippen LogP contribution in [0.4, 0.5) is 0 Å². The summed E-state index contributed by atoms with van der Waals surface area (Å²) in [5.41, 5.74) is 2.48. The smallest absolute Gasteiger partial charge is 0.0861 e. The van der Waals surface area contributed by atoms with Crippen LogP contribution in [0.5, 0.6) is 0 Å². The van der Waals surface area contributed by atoms with E-state index in [9.17, 15) is 0 Å². The van der Waals surface area contributed by atoms with Gasteiger partial charge >= 0.3 is 0 Å². The summed E-state index contributed by atoms with van der Waals surface area (Å²) < 4.78 is 1.91. The van der Waals surface area contributed by atoms with Gasteiger partial charge in [-0.3, -0.25) is 4.68 Å². The summed E-state index contributed by atoms with van der Waals surface area (Å²) in [6.07, 6.45) is 2.11. The Kier molecular flexibility index (Phi) is 3.67. The van der Waals surface area contributed by atoms with Crippen LogP contribution in [-0.2, 0) is 19.9 Å². The molecule has 0 fully saturated rings. The Labute approximate surface area is 86.5 Å². The van der Waals surface area contributed by atoms with Gasteiger partial charge in [-0.1, -0.05) is 32.9 Å². The molecule has 0 amide bonds. The van der Waals surface area contributed by atoms with Gasteiger partial charge in [0.25, 0.3) is 0 Å². The van der Waals surface area contributed by atoms with Crippen LogP contribution in [0, 0.1) is 11.8 Å². The highest BCUT2D eigenvalue weighted by Crippen LogP contribution is 2.14. The van der Waals surface area contributed by atoms with Gasteiger partial charge in [-0.2, -0.15) is 0 Å². The lowest BCUT2D eigenvalue weighted by atomic mass is 10.0. The SMILES string of the molecule is CC(C)Cc1nnn(C)c1CC(C)C. The predicted octanol–water partition coefficient (Wildman–Crippen LogP) is 2.21. The first-order valence-electron chi connectivity index (χ1n) is 5.38. The van der Waals surface area contributed by atoms with Gasteiger partial charge in [0, 0.05) is 7.05 Å². The van der Waals surface area contributed by atoms with Crippen molar-refractivity contribution in [3.63, 3.8) is 0 Å². The lowest BCUT2D eigenvalue weighted by Gasteiger charge is -2.08. The average molecular weight is 195 g/mol. The highest BCUT2D eigenvalue weighted by molar-refractivity contribution is 5.11. The molecule has 14 heavy (non-hydrogen) atoms. The molecule has 0 atom stereocenters. The van der Waals surface area contributed by atoms with Crippen LogP contribution in [0.3, 0.4) is 0 Å². The molecular formula is C11H21N3. The second-order valence-corrected chi connectivity index (χ2v) is 4.80. The summed E-state index contributed by atoms with van der Waals surface area (Å²) in [5, 5.41) is 8.31. The number of hydrogen-bond acceptors (Lipinski definition) is 2. The van der Waals surface area contributed by atoms with Crippen LogP contribution < -0.4 is 0 Å². The van der Waals surface area contributed by atoms with Gasteiger partial charge in [-0.15, -0.1) is 5.10 Å². The molecule has 1 heterocycles. The van der Waals surface area contributed by atoms with Crippen molar-refractivity contribution < 1.29 is 0 Å². The highest BCUT2D eigenvalue weighted by atomic mass is 15.4. The molecule has 0 aliphatic rings. The summed E-state index contributed by atoms with van der Waals surface area (Å²) in [4.78, 5) is 0.